The highest BCUT2D eigenvalue weighted by Gasteiger charge is 2.69. The van der Waals surface area contributed by atoms with Crippen LogP contribution in [0.1, 0.15) is 46.5 Å². The monoisotopic (exact) mass is 379 g/mol. The minimum absolute atomic E-state index is 0.0524. The van der Waals surface area contributed by atoms with Crippen molar-refractivity contribution in [3.8, 4) is 0 Å². The van der Waals surface area contributed by atoms with Gasteiger partial charge in [0.15, 0.2) is 11.9 Å². The Hall–Kier alpha value is -0.410. The molecule has 26 heavy (non-hydrogen) atoms. The van der Waals surface area contributed by atoms with E-state index in [2.05, 4.69) is 12.2 Å². The Morgan fingerprint density at radius 2 is 1.85 bits per heavy atom. The van der Waals surface area contributed by atoms with Crippen molar-refractivity contribution in [2.75, 3.05) is 13.1 Å². The molecule has 0 radical (unpaired) electrons. The van der Waals surface area contributed by atoms with Crippen molar-refractivity contribution in [1.82, 2.24) is 5.32 Å². The summed E-state index contributed by atoms with van der Waals surface area (Å²) in [5.74, 6) is 0.0702. The van der Waals surface area contributed by atoms with E-state index in [4.69, 9.17) is 19.2 Å². The van der Waals surface area contributed by atoms with Crippen molar-refractivity contribution in [2.45, 2.75) is 76.4 Å². The lowest BCUT2D eigenvalue weighted by atomic mass is 9.57. The van der Waals surface area contributed by atoms with Gasteiger partial charge in [-0.25, -0.2) is 9.78 Å². The van der Waals surface area contributed by atoms with E-state index in [1.807, 2.05) is 13.8 Å². The molecule has 4 heterocycles. The third-order valence-electron chi connectivity index (χ3n) is 6.97. The molecule has 5 aliphatic rings. The third kappa shape index (κ3) is 2.98. The fourth-order valence-electron chi connectivity index (χ4n) is 5.57. The Balaban J connectivity index is 1.58. The number of fused-ring (bicyclic) bond motifs is 2. The summed E-state index contributed by atoms with van der Waals surface area (Å²) in [6.07, 6.45) is -1.49. The summed E-state index contributed by atoms with van der Waals surface area (Å²) >= 11 is 0. The first-order valence-corrected chi connectivity index (χ1v) is 9.62. The molecular weight excluding hydrogens is 351 g/mol. The summed E-state index contributed by atoms with van der Waals surface area (Å²) in [6, 6.07) is 0. The average molecular weight is 379 g/mol. The summed E-state index contributed by atoms with van der Waals surface area (Å²) in [5.41, 5.74) is -0.659. The lowest BCUT2D eigenvalue weighted by Gasteiger charge is -2.60. The van der Waals surface area contributed by atoms with Crippen LogP contribution >= 0.6 is 0 Å². The molecule has 0 aromatic heterocycles. The first kappa shape index (κ1) is 18.9. The summed E-state index contributed by atoms with van der Waals surface area (Å²) in [7, 11) is 0. The highest BCUT2D eigenvalue weighted by Crippen LogP contribution is 2.60. The molecule has 4 aliphatic heterocycles. The van der Waals surface area contributed by atoms with Crippen LogP contribution in [0.4, 0.5) is 13.2 Å². The van der Waals surface area contributed by atoms with Crippen molar-refractivity contribution >= 4 is 0 Å². The fourth-order valence-corrected chi connectivity index (χ4v) is 5.57. The molecule has 150 valence electrons. The Bertz CT molecular complexity index is 547. The highest BCUT2D eigenvalue weighted by atomic mass is 19.4. The van der Waals surface area contributed by atoms with E-state index >= 15 is 0 Å². The van der Waals surface area contributed by atoms with Gasteiger partial charge in [-0.15, -0.1) is 0 Å². The van der Waals surface area contributed by atoms with E-state index in [0.717, 1.165) is 25.7 Å². The molecule has 1 N–H and O–H groups in total. The number of alkyl halides is 3. The first-order chi connectivity index (χ1) is 12.1. The van der Waals surface area contributed by atoms with E-state index < -0.39 is 30.4 Å². The molecule has 0 aromatic carbocycles. The molecule has 0 amide bonds. The zero-order valence-corrected chi connectivity index (χ0v) is 15.5. The minimum Gasteiger partial charge on any atom is -0.345 e. The molecule has 0 aromatic rings. The second-order valence-electron chi connectivity index (χ2n) is 8.69. The number of hydrogen-bond donors (Lipinski definition) is 1. The summed E-state index contributed by atoms with van der Waals surface area (Å²) in [6.45, 7) is 5.25. The maximum Gasteiger partial charge on any atom is 0.401 e. The number of ether oxygens (including phenoxy) is 2. The topological polar surface area (TPSA) is 49.0 Å². The average Bonchev–Trinajstić information content (AvgIpc) is 2.77. The molecule has 2 bridgehead atoms. The Morgan fingerprint density at radius 3 is 2.58 bits per heavy atom. The summed E-state index contributed by atoms with van der Waals surface area (Å²) in [5, 5.41) is 2.49. The second-order valence-corrected chi connectivity index (χ2v) is 8.69. The van der Waals surface area contributed by atoms with Crippen molar-refractivity contribution in [3.05, 3.63) is 0 Å². The van der Waals surface area contributed by atoms with E-state index in [-0.39, 0.29) is 30.4 Å². The number of halogens is 3. The van der Waals surface area contributed by atoms with Crippen LogP contribution in [0.2, 0.25) is 0 Å². The van der Waals surface area contributed by atoms with E-state index in [1.165, 1.54) is 0 Å². The maximum atomic E-state index is 12.5. The SMILES string of the molecule is C[C@H]1[C@@H](CNCC(F)(F)F)O[C@@H]2O[C@@]3(C)CC[C@H]4[C@H](C)CC[C@@H]1[C@@]24OO3. The van der Waals surface area contributed by atoms with Crippen molar-refractivity contribution in [2.24, 2.45) is 23.7 Å². The van der Waals surface area contributed by atoms with Gasteiger partial charge in [0.05, 0.1) is 12.6 Å². The van der Waals surface area contributed by atoms with Gasteiger partial charge < -0.3 is 14.8 Å². The first-order valence-electron chi connectivity index (χ1n) is 9.62. The quantitative estimate of drug-likeness (QED) is 0.762. The van der Waals surface area contributed by atoms with Gasteiger partial charge in [-0.1, -0.05) is 13.8 Å². The molecular formula is C18H28F3NO4. The van der Waals surface area contributed by atoms with Gasteiger partial charge in [0.1, 0.15) is 0 Å². The van der Waals surface area contributed by atoms with Crippen LogP contribution in [0, 0.1) is 23.7 Å². The Labute approximate surface area is 151 Å². The van der Waals surface area contributed by atoms with E-state index in [0.29, 0.717) is 5.92 Å². The Kier molecular flexibility index (Phi) is 4.59. The zero-order valence-electron chi connectivity index (χ0n) is 15.5. The third-order valence-corrected chi connectivity index (χ3v) is 6.97. The molecule has 1 spiro atoms. The molecule has 8 heteroatoms. The van der Waals surface area contributed by atoms with Crippen LogP contribution in [0.3, 0.4) is 0 Å². The molecule has 5 fully saturated rings. The van der Waals surface area contributed by atoms with Crippen LogP contribution in [-0.2, 0) is 19.2 Å². The van der Waals surface area contributed by atoms with Crippen molar-refractivity contribution in [1.29, 1.82) is 0 Å². The molecule has 1 saturated carbocycles. The number of nitrogens with one attached hydrogen (secondary N) is 1. The Morgan fingerprint density at radius 1 is 1.08 bits per heavy atom. The van der Waals surface area contributed by atoms with Gasteiger partial charge >= 0.3 is 6.18 Å². The van der Waals surface area contributed by atoms with Gasteiger partial charge in [0.2, 0.25) is 5.79 Å². The van der Waals surface area contributed by atoms with Crippen LogP contribution in [-0.4, -0.2) is 43.0 Å². The minimum atomic E-state index is -4.23. The van der Waals surface area contributed by atoms with Crippen LogP contribution in [0.5, 0.6) is 0 Å². The molecule has 8 atom stereocenters. The smallest absolute Gasteiger partial charge is 0.345 e. The van der Waals surface area contributed by atoms with Crippen molar-refractivity contribution < 1.29 is 32.4 Å². The molecule has 4 saturated heterocycles. The maximum absolute atomic E-state index is 12.5. The lowest BCUT2D eigenvalue weighted by Crippen LogP contribution is -2.71. The van der Waals surface area contributed by atoms with Gasteiger partial charge in [-0.3, -0.25) is 0 Å². The molecule has 5 nitrogen and oxygen atoms in total. The van der Waals surface area contributed by atoms with Crippen molar-refractivity contribution in [3.63, 3.8) is 0 Å². The van der Waals surface area contributed by atoms with Gasteiger partial charge in [0.25, 0.3) is 0 Å². The predicted molar refractivity (Wildman–Crippen MR) is 85.8 cm³/mol. The zero-order chi connectivity index (χ0) is 18.7. The number of hydrogen-bond acceptors (Lipinski definition) is 5. The standard InChI is InChI=1S/C18H28F3NO4/c1-10-4-5-13-11(2)14(8-22-9-17(19,20)21)23-15-18(13)12(10)6-7-16(3,24-15)25-26-18/h10-15,22H,4-9H2,1-3H3/t10-,11-,12+,13+,14-,15-,16-,18-/m1/s1. The predicted octanol–water partition coefficient (Wildman–Crippen LogP) is 3.39. The van der Waals surface area contributed by atoms with Crippen LogP contribution in [0.15, 0.2) is 0 Å². The van der Waals surface area contributed by atoms with E-state index in [9.17, 15) is 13.2 Å². The summed E-state index contributed by atoms with van der Waals surface area (Å²) in [4.78, 5) is 11.7. The fraction of sp³-hybridized carbons (Fsp3) is 1.00. The van der Waals surface area contributed by atoms with Gasteiger partial charge in [0, 0.05) is 18.9 Å². The largest absolute Gasteiger partial charge is 0.401 e. The van der Waals surface area contributed by atoms with Gasteiger partial charge in [-0.2, -0.15) is 13.2 Å². The van der Waals surface area contributed by atoms with E-state index in [1.54, 1.807) is 0 Å². The normalized spacial score (nSPS) is 51.0. The lowest BCUT2D eigenvalue weighted by molar-refractivity contribution is -0.570. The second kappa shape index (κ2) is 6.30. The highest BCUT2D eigenvalue weighted by molar-refractivity contribution is 5.10. The summed E-state index contributed by atoms with van der Waals surface area (Å²) < 4.78 is 49.8. The van der Waals surface area contributed by atoms with Gasteiger partial charge in [-0.05, 0) is 43.9 Å². The number of rotatable bonds is 3. The van der Waals surface area contributed by atoms with Crippen LogP contribution < -0.4 is 5.32 Å². The van der Waals surface area contributed by atoms with Crippen LogP contribution in [0.25, 0.3) is 0 Å². The molecule has 1 aliphatic carbocycles. The molecule has 0 unspecified atom stereocenters. The molecule has 5 rings (SSSR count).